The van der Waals surface area contributed by atoms with Crippen LogP contribution in [0, 0.1) is 0 Å². The van der Waals surface area contributed by atoms with E-state index in [9.17, 15) is 0 Å². The van der Waals surface area contributed by atoms with E-state index >= 15 is 0 Å². The third kappa shape index (κ3) is 4.23. The van der Waals surface area contributed by atoms with Crippen molar-refractivity contribution in [3.63, 3.8) is 0 Å². The molecule has 0 fully saturated rings. The molecule has 0 aliphatic heterocycles. The van der Waals surface area contributed by atoms with Gasteiger partial charge in [-0.1, -0.05) is 30.3 Å². The van der Waals surface area contributed by atoms with Gasteiger partial charge in [-0.05, 0) is 39.2 Å². The molecule has 0 radical (unpaired) electrons. The molecular weight excluding hydrogens is 332 g/mol. The number of rotatable bonds is 6. The second-order valence-corrected chi connectivity index (χ2v) is 5.14. The standard InChI is InChI=1S/C16H17BrN2O2/c1-18-19-10-13-8-14(17)16(15(9-13)20-2)21-11-12-6-4-3-5-7-12/h3-10,18H,11H2,1-2H3/b19-10+. The van der Waals surface area contributed by atoms with E-state index in [0.717, 1.165) is 15.6 Å². The highest BCUT2D eigenvalue weighted by Crippen LogP contribution is 2.36. The average Bonchev–Trinajstić information content (AvgIpc) is 2.52. The molecule has 0 saturated heterocycles. The Morgan fingerprint density at radius 3 is 2.67 bits per heavy atom. The van der Waals surface area contributed by atoms with Crippen LogP contribution in [0.4, 0.5) is 0 Å². The lowest BCUT2D eigenvalue weighted by Crippen LogP contribution is -2.00. The fourth-order valence-electron chi connectivity index (χ4n) is 1.82. The summed E-state index contributed by atoms with van der Waals surface area (Å²) < 4.78 is 12.1. The Morgan fingerprint density at radius 1 is 1.24 bits per heavy atom. The van der Waals surface area contributed by atoms with Crippen LogP contribution < -0.4 is 14.9 Å². The van der Waals surface area contributed by atoms with Crippen LogP contribution in [-0.4, -0.2) is 20.4 Å². The van der Waals surface area contributed by atoms with E-state index in [1.165, 1.54) is 0 Å². The van der Waals surface area contributed by atoms with E-state index in [4.69, 9.17) is 9.47 Å². The molecule has 0 unspecified atom stereocenters. The van der Waals surface area contributed by atoms with Crippen LogP contribution >= 0.6 is 15.9 Å². The third-order valence-corrected chi connectivity index (χ3v) is 3.41. The van der Waals surface area contributed by atoms with Crippen molar-refractivity contribution in [1.82, 2.24) is 5.43 Å². The summed E-state index contributed by atoms with van der Waals surface area (Å²) in [7, 11) is 3.37. The topological polar surface area (TPSA) is 42.9 Å². The summed E-state index contributed by atoms with van der Waals surface area (Å²) in [5.74, 6) is 1.35. The van der Waals surface area contributed by atoms with Gasteiger partial charge in [-0.3, -0.25) is 0 Å². The Balaban J connectivity index is 2.20. The van der Waals surface area contributed by atoms with E-state index in [1.807, 2.05) is 42.5 Å². The van der Waals surface area contributed by atoms with Gasteiger partial charge in [0, 0.05) is 7.05 Å². The number of hydrogen-bond donors (Lipinski definition) is 1. The van der Waals surface area contributed by atoms with Crippen LogP contribution in [0.5, 0.6) is 11.5 Å². The summed E-state index contributed by atoms with van der Waals surface area (Å²) in [5.41, 5.74) is 4.74. The molecule has 0 atom stereocenters. The Morgan fingerprint density at radius 2 is 2.00 bits per heavy atom. The molecular formula is C16H17BrN2O2. The number of hydrazone groups is 1. The van der Waals surface area contributed by atoms with Gasteiger partial charge in [-0.15, -0.1) is 0 Å². The minimum Gasteiger partial charge on any atom is -0.493 e. The first kappa shape index (κ1) is 15.4. The maximum Gasteiger partial charge on any atom is 0.175 e. The molecule has 0 aliphatic rings. The average molecular weight is 349 g/mol. The van der Waals surface area contributed by atoms with Crippen molar-refractivity contribution < 1.29 is 9.47 Å². The monoisotopic (exact) mass is 348 g/mol. The van der Waals surface area contributed by atoms with Gasteiger partial charge < -0.3 is 14.9 Å². The van der Waals surface area contributed by atoms with Gasteiger partial charge in [0.05, 0.1) is 17.8 Å². The van der Waals surface area contributed by atoms with E-state index in [1.54, 1.807) is 20.4 Å². The predicted octanol–water partition coefficient (Wildman–Crippen LogP) is 3.59. The lowest BCUT2D eigenvalue weighted by molar-refractivity contribution is 0.282. The van der Waals surface area contributed by atoms with Gasteiger partial charge in [0.1, 0.15) is 6.61 Å². The number of hydrogen-bond acceptors (Lipinski definition) is 4. The van der Waals surface area contributed by atoms with Crippen molar-refractivity contribution in [2.24, 2.45) is 5.10 Å². The molecule has 2 aromatic carbocycles. The minimum absolute atomic E-state index is 0.486. The number of halogens is 1. The van der Waals surface area contributed by atoms with Crippen molar-refractivity contribution in [2.75, 3.05) is 14.2 Å². The maximum absolute atomic E-state index is 5.87. The van der Waals surface area contributed by atoms with Crippen LogP contribution in [0.3, 0.4) is 0 Å². The van der Waals surface area contributed by atoms with Crippen molar-refractivity contribution in [2.45, 2.75) is 6.61 Å². The van der Waals surface area contributed by atoms with Crippen molar-refractivity contribution in [3.8, 4) is 11.5 Å². The second kappa shape index (κ2) is 7.69. The van der Waals surface area contributed by atoms with Crippen molar-refractivity contribution in [1.29, 1.82) is 0 Å². The fourth-order valence-corrected chi connectivity index (χ4v) is 2.40. The summed E-state index contributed by atoms with van der Waals surface area (Å²) in [4.78, 5) is 0. The highest BCUT2D eigenvalue weighted by Gasteiger charge is 2.11. The number of nitrogens with zero attached hydrogens (tertiary/aromatic N) is 1. The molecule has 110 valence electrons. The molecule has 4 nitrogen and oxygen atoms in total. The lowest BCUT2D eigenvalue weighted by atomic mass is 10.2. The smallest absolute Gasteiger partial charge is 0.175 e. The van der Waals surface area contributed by atoms with Gasteiger partial charge in [0.25, 0.3) is 0 Å². The van der Waals surface area contributed by atoms with Gasteiger partial charge in [0.2, 0.25) is 0 Å². The molecule has 0 saturated carbocycles. The Labute approximate surface area is 132 Å². The van der Waals surface area contributed by atoms with Crippen molar-refractivity contribution >= 4 is 22.1 Å². The molecule has 0 amide bonds. The first-order valence-electron chi connectivity index (χ1n) is 6.48. The van der Waals surface area contributed by atoms with E-state index < -0.39 is 0 Å². The molecule has 2 aromatic rings. The summed E-state index contributed by atoms with van der Waals surface area (Å²) in [6.07, 6.45) is 1.72. The van der Waals surface area contributed by atoms with Crippen LogP contribution in [0.15, 0.2) is 52.0 Å². The molecule has 0 bridgehead atoms. The zero-order chi connectivity index (χ0) is 15.1. The first-order chi connectivity index (χ1) is 10.2. The second-order valence-electron chi connectivity index (χ2n) is 4.29. The lowest BCUT2D eigenvalue weighted by Gasteiger charge is -2.13. The quantitative estimate of drug-likeness (QED) is 0.640. The zero-order valence-corrected chi connectivity index (χ0v) is 13.6. The molecule has 5 heteroatoms. The van der Waals surface area contributed by atoms with E-state index in [-0.39, 0.29) is 0 Å². The summed E-state index contributed by atoms with van der Waals surface area (Å²) in [6.45, 7) is 0.486. The Hall–Kier alpha value is -2.01. The normalized spacial score (nSPS) is 10.6. The number of ether oxygens (including phenoxy) is 2. The highest BCUT2D eigenvalue weighted by atomic mass is 79.9. The van der Waals surface area contributed by atoms with Crippen LogP contribution in [0.1, 0.15) is 11.1 Å². The zero-order valence-electron chi connectivity index (χ0n) is 12.0. The van der Waals surface area contributed by atoms with Gasteiger partial charge >= 0.3 is 0 Å². The van der Waals surface area contributed by atoms with Crippen molar-refractivity contribution in [3.05, 3.63) is 58.1 Å². The van der Waals surface area contributed by atoms with Gasteiger partial charge in [-0.2, -0.15) is 5.10 Å². The van der Waals surface area contributed by atoms with Crippen LogP contribution in [0.2, 0.25) is 0 Å². The Kier molecular flexibility index (Phi) is 5.63. The minimum atomic E-state index is 0.486. The predicted molar refractivity (Wildman–Crippen MR) is 88.1 cm³/mol. The fraction of sp³-hybridized carbons (Fsp3) is 0.188. The van der Waals surface area contributed by atoms with Crippen LogP contribution in [0.25, 0.3) is 0 Å². The van der Waals surface area contributed by atoms with Gasteiger partial charge in [-0.25, -0.2) is 0 Å². The SMILES string of the molecule is CN/N=C/c1cc(Br)c(OCc2ccccc2)c(OC)c1. The molecule has 1 N–H and O–H groups in total. The number of methoxy groups -OCH3 is 1. The molecule has 0 spiro atoms. The molecule has 0 aromatic heterocycles. The van der Waals surface area contributed by atoms with Gasteiger partial charge in [0.15, 0.2) is 11.5 Å². The number of nitrogens with one attached hydrogen (secondary N) is 1. The van der Waals surface area contributed by atoms with E-state index in [2.05, 4.69) is 26.5 Å². The third-order valence-electron chi connectivity index (χ3n) is 2.82. The van der Waals surface area contributed by atoms with Crippen LogP contribution in [-0.2, 0) is 6.61 Å². The Bertz CT molecular complexity index is 615. The number of benzene rings is 2. The molecule has 21 heavy (non-hydrogen) atoms. The maximum atomic E-state index is 5.87. The molecule has 2 rings (SSSR count). The summed E-state index contributed by atoms with van der Waals surface area (Å²) in [6, 6.07) is 13.8. The molecule has 0 heterocycles. The molecule has 0 aliphatic carbocycles. The highest BCUT2D eigenvalue weighted by molar-refractivity contribution is 9.10. The summed E-state index contributed by atoms with van der Waals surface area (Å²) in [5, 5.41) is 3.99. The van der Waals surface area contributed by atoms with E-state index in [0.29, 0.717) is 18.1 Å². The summed E-state index contributed by atoms with van der Waals surface area (Å²) >= 11 is 3.52. The largest absolute Gasteiger partial charge is 0.493 e. The first-order valence-corrected chi connectivity index (χ1v) is 7.28.